The van der Waals surface area contributed by atoms with Crippen molar-refractivity contribution in [1.82, 2.24) is 20.2 Å². The van der Waals surface area contributed by atoms with Crippen molar-refractivity contribution in [3.63, 3.8) is 0 Å². The minimum absolute atomic E-state index is 0.461. The minimum atomic E-state index is 0.461. The molecular weight excluding hydrogens is 422 g/mol. The third-order valence-electron chi connectivity index (χ3n) is 8.41. The zero-order valence-corrected chi connectivity index (χ0v) is 21.4. The van der Waals surface area contributed by atoms with Crippen molar-refractivity contribution < 1.29 is 4.74 Å². The first kappa shape index (κ1) is 23.8. The summed E-state index contributed by atoms with van der Waals surface area (Å²) < 4.78 is 5.93. The fourth-order valence-electron chi connectivity index (χ4n) is 6.23. The lowest BCUT2D eigenvalue weighted by atomic mass is 9.87. The summed E-state index contributed by atoms with van der Waals surface area (Å²) in [5.41, 5.74) is 2.41. The number of hydrogen-bond donors (Lipinski definition) is 2. The van der Waals surface area contributed by atoms with Crippen LogP contribution in [0.5, 0.6) is 5.75 Å². The molecule has 186 valence electrons. The van der Waals surface area contributed by atoms with Crippen LogP contribution in [0, 0.1) is 0 Å². The van der Waals surface area contributed by atoms with E-state index < -0.39 is 0 Å². The fourth-order valence-corrected chi connectivity index (χ4v) is 6.23. The van der Waals surface area contributed by atoms with Gasteiger partial charge in [-0.15, -0.1) is 0 Å². The largest absolute Gasteiger partial charge is 0.496 e. The normalized spacial score (nSPS) is 21.9. The Hall–Kier alpha value is -1.92. The Kier molecular flexibility index (Phi) is 7.55. The molecule has 1 saturated carbocycles. The summed E-state index contributed by atoms with van der Waals surface area (Å²) in [6.07, 6.45) is 11.0. The minimum Gasteiger partial charge on any atom is -0.496 e. The molecule has 2 aliphatic heterocycles. The monoisotopic (exact) mass is 465 g/mol. The molecule has 0 atom stereocenters. The van der Waals surface area contributed by atoms with Gasteiger partial charge in [-0.3, -0.25) is 0 Å². The molecule has 2 saturated heterocycles. The lowest BCUT2D eigenvalue weighted by Crippen LogP contribution is -2.42. The summed E-state index contributed by atoms with van der Waals surface area (Å²) in [6.45, 7) is 9.05. The molecule has 5 rings (SSSR count). The molecule has 3 aliphatic rings. The highest BCUT2D eigenvalue weighted by atomic mass is 16.5. The predicted molar refractivity (Wildman–Crippen MR) is 140 cm³/mol. The van der Waals surface area contributed by atoms with Crippen LogP contribution in [0.3, 0.4) is 0 Å². The number of hydrogen-bond acceptors (Lipinski definition) is 6. The predicted octanol–water partition coefficient (Wildman–Crippen LogP) is 5.44. The quantitative estimate of drug-likeness (QED) is 0.592. The van der Waals surface area contributed by atoms with Crippen molar-refractivity contribution in [2.24, 2.45) is 0 Å². The molecule has 2 N–H and O–H groups in total. The Morgan fingerprint density at radius 2 is 1.68 bits per heavy atom. The van der Waals surface area contributed by atoms with E-state index in [1.54, 1.807) is 7.11 Å². The molecule has 0 spiro atoms. The summed E-state index contributed by atoms with van der Waals surface area (Å²) in [6, 6.07) is 5.62. The SMILES string of the molecule is COc1cc2c(NC3CCN(C(C)C)CC3)nc(C3CCCCC3)nc2cc1C1CCNCC1. The van der Waals surface area contributed by atoms with Crippen molar-refractivity contribution in [3.8, 4) is 5.75 Å². The lowest BCUT2D eigenvalue weighted by molar-refractivity contribution is 0.177. The van der Waals surface area contributed by atoms with Gasteiger partial charge in [0.15, 0.2) is 0 Å². The number of nitrogens with one attached hydrogen (secondary N) is 2. The summed E-state index contributed by atoms with van der Waals surface area (Å²) in [4.78, 5) is 13.0. The van der Waals surface area contributed by atoms with Gasteiger partial charge in [-0.25, -0.2) is 9.97 Å². The van der Waals surface area contributed by atoms with E-state index >= 15 is 0 Å². The van der Waals surface area contributed by atoms with Crippen LogP contribution in [-0.4, -0.2) is 60.2 Å². The molecular formula is C28H43N5O. The van der Waals surface area contributed by atoms with Crippen LogP contribution in [0.4, 0.5) is 5.82 Å². The second-order valence-electron chi connectivity index (χ2n) is 10.9. The maximum atomic E-state index is 5.93. The second kappa shape index (κ2) is 10.8. The number of benzene rings is 1. The van der Waals surface area contributed by atoms with Crippen LogP contribution in [0.1, 0.15) is 94.9 Å². The first-order valence-electron chi connectivity index (χ1n) is 13.7. The van der Waals surface area contributed by atoms with Gasteiger partial charge in [-0.2, -0.15) is 0 Å². The number of ether oxygens (including phenoxy) is 1. The van der Waals surface area contributed by atoms with E-state index in [1.165, 1.54) is 37.7 Å². The van der Waals surface area contributed by atoms with Crippen molar-refractivity contribution in [1.29, 1.82) is 0 Å². The highest BCUT2D eigenvalue weighted by molar-refractivity contribution is 5.91. The van der Waals surface area contributed by atoms with Gasteiger partial charge in [0.1, 0.15) is 17.4 Å². The van der Waals surface area contributed by atoms with Crippen molar-refractivity contribution in [2.45, 2.75) is 95.6 Å². The first-order valence-corrected chi connectivity index (χ1v) is 13.7. The molecule has 1 aliphatic carbocycles. The Balaban J connectivity index is 1.50. The van der Waals surface area contributed by atoms with E-state index in [4.69, 9.17) is 14.7 Å². The molecule has 6 nitrogen and oxygen atoms in total. The average molecular weight is 466 g/mol. The zero-order valence-electron chi connectivity index (χ0n) is 21.4. The van der Waals surface area contributed by atoms with Gasteiger partial charge >= 0.3 is 0 Å². The molecule has 0 radical (unpaired) electrons. The van der Waals surface area contributed by atoms with E-state index in [9.17, 15) is 0 Å². The third kappa shape index (κ3) is 5.18. The van der Waals surface area contributed by atoms with Crippen LogP contribution >= 0.6 is 0 Å². The van der Waals surface area contributed by atoms with Crippen LogP contribution in [0.15, 0.2) is 12.1 Å². The Morgan fingerprint density at radius 3 is 2.35 bits per heavy atom. The number of methoxy groups -OCH3 is 1. The van der Waals surface area contributed by atoms with Gasteiger partial charge in [0.05, 0.1) is 12.6 Å². The smallest absolute Gasteiger partial charge is 0.138 e. The number of likely N-dealkylation sites (tertiary alicyclic amines) is 1. The highest BCUT2D eigenvalue weighted by Crippen LogP contribution is 2.39. The van der Waals surface area contributed by atoms with Crippen molar-refractivity contribution in [2.75, 3.05) is 38.6 Å². The number of piperidine rings is 2. The molecule has 0 bridgehead atoms. The van der Waals surface area contributed by atoms with E-state index in [0.717, 1.165) is 80.2 Å². The van der Waals surface area contributed by atoms with Gasteiger partial charge in [0.25, 0.3) is 0 Å². The van der Waals surface area contributed by atoms with Crippen molar-refractivity contribution in [3.05, 3.63) is 23.5 Å². The summed E-state index contributed by atoms with van der Waals surface area (Å²) >= 11 is 0. The number of anilines is 1. The third-order valence-corrected chi connectivity index (χ3v) is 8.41. The molecule has 0 unspecified atom stereocenters. The van der Waals surface area contributed by atoms with Crippen LogP contribution in [0.25, 0.3) is 10.9 Å². The van der Waals surface area contributed by atoms with Gasteiger partial charge in [-0.1, -0.05) is 19.3 Å². The average Bonchev–Trinajstić information content (AvgIpc) is 2.89. The van der Waals surface area contributed by atoms with E-state index in [-0.39, 0.29) is 0 Å². The molecule has 6 heteroatoms. The summed E-state index contributed by atoms with van der Waals surface area (Å²) in [5.74, 6) is 4.09. The number of aromatic nitrogens is 2. The molecule has 1 aromatic carbocycles. The topological polar surface area (TPSA) is 62.3 Å². The van der Waals surface area contributed by atoms with Crippen LogP contribution < -0.4 is 15.4 Å². The van der Waals surface area contributed by atoms with Gasteiger partial charge in [-0.05, 0) is 89.1 Å². The fraction of sp³-hybridized carbons (Fsp3) is 0.714. The molecule has 3 heterocycles. The summed E-state index contributed by atoms with van der Waals surface area (Å²) in [5, 5.41) is 8.48. The molecule has 1 aromatic heterocycles. The van der Waals surface area contributed by atoms with Crippen LogP contribution in [-0.2, 0) is 0 Å². The maximum Gasteiger partial charge on any atom is 0.138 e. The standard InChI is InChI=1S/C28H43N5O/c1-19(2)33-15-11-22(12-16-33)30-28-24-18-26(34-3)23(20-9-13-29-14-10-20)17-25(24)31-27(32-28)21-7-5-4-6-8-21/h17-22,29H,4-16H2,1-3H3,(H,30,31,32). The lowest BCUT2D eigenvalue weighted by Gasteiger charge is -2.35. The Bertz CT molecular complexity index is 957. The molecule has 3 fully saturated rings. The molecule has 0 amide bonds. The second-order valence-corrected chi connectivity index (χ2v) is 10.9. The van der Waals surface area contributed by atoms with Gasteiger partial charge in [0, 0.05) is 36.5 Å². The van der Waals surface area contributed by atoms with E-state index in [0.29, 0.717) is 23.9 Å². The van der Waals surface area contributed by atoms with Gasteiger partial charge < -0.3 is 20.3 Å². The zero-order chi connectivity index (χ0) is 23.5. The molecule has 34 heavy (non-hydrogen) atoms. The number of nitrogens with zero attached hydrogens (tertiary/aromatic N) is 3. The van der Waals surface area contributed by atoms with Crippen LogP contribution in [0.2, 0.25) is 0 Å². The first-order chi connectivity index (χ1) is 16.6. The Labute approximate surface area is 205 Å². The van der Waals surface area contributed by atoms with E-state index in [2.05, 4.69) is 41.5 Å². The number of fused-ring (bicyclic) bond motifs is 1. The molecule has 2 aromatic rings. The maximum absolute atomic E-state index is 5.93. The number of rotatable bonds is 6. The summed E-state index contributed by atoms with van der Waals surface area (Å²) in [7, 11) is 1.80. The Morgan fingerprint density at radius 1 is 0.941 bits per heavy atom. The highest BCUT2D eigenvalue weighted by Gasteiger charge is 2.26. The van der Waals surface area contributed by atoms with Crippen molar-refractivity contribution >= 4 is 16.7 Å². The van der Waals surface area contributed by atoms with E-state index in [1.807, 2.05) is 0 Å². The van der Waals surface area contributed by atoms with Gasteiger partial charge in [0.2, 0.25) is 0 Å².